The van der Waals surface area contributed by atoms with E-state index in [1.807, 2.05) is 44.2 Å². The Hall–Kier alpha value is -1.03. The predicted molar refractivity (Wildman–Crippen MR) is 81.1 cm³/mol. The van der Waals surface area contributed by atoms with Gasteiger partial charge in [-0.25, -0.2) is 0 Å². The minimum atomic E-state index is -0.0691. The van der Waals surface area contributed by atoms with Crippen LogP contribution in [-0.2, 0) is 6.61 Å². The van der Waals surface area contributed by atoms with Crippen molar-refractivity contribution in [3.8, 4) is 11.5 Å². The molecule has 1 N–H and O–H groups in total. The van der Waals surface area contributed by atoms with Gasteiger partial charge in [-0.3, -0.25) is 0 Å². The molecule has 19 heavy (non-hydrogen) atoms. The zero-order valence-corrected chi connectivity index (χ0v) is 13.0. The number of halogens is 2. The van der Waals surface area contributed by atoms with E-state index in [9.17, 15) is 5.11 Å². The third-order valence-corrected chi connectivity index (χ3v) is 3.92. The molecule has 0 radical (unpaired) electrons. The third-order valence-electron chi connectivity index (χ3n) is 2.83. The van der Waals surface area contributed by atoms with Crippen molar-refractivity contribution in [3.63, 3.8) is 0 Å². The summed E-state index contributed by atoms with van der Waals surface area (Å²) in [6.45, 7) is 3.81. The number of aliphatic hydroxyl groups is 1. The maximum atomic E-state index is 9.35. The van der Waals surface area contributed by atoms with Gasteiger partial charge in [0, 0.05) is 15.1 Å². The van der Waals surface area contributed by atoms with Crippen molar-refractivity contribution in [2.24, 2.45) is 0 Å². The van der Waals surface area contributed by atoms with Crippen molar-refractivity contribution in [1.29, 1.82) is 0 Å². The molecule has 0 spiro atoms. The minimum Gasteiger partial charge on any atom is -0.457 e. The van der Waals surface area contributed by atoms with Gasteiger partial charge in [0.1, 0.15) is 11.5 Å². The lowest BCUT2D eigenvalue weighted by Crippen LogP contribution is -1.93. The van der Waals surface area contributed by atoms with Crippen LogP contribution < -0.4 is 4.74 Å². The van der Waals surface area contributed by atoms with Crippen molar-refractivity contribution in [3.05, 3.63) is 56.5 Å². The van der Waals surface area contributed by atoms with Gasteiger partial charge >= 0.3 is 0 Å². The molecule has 2 nitrogen and oxygen atoms in total. The van der Waals surface area contributed by atoms with E-state index in [-0.39, 0.29) is 6.61 Å². The van der Waals surface area contributed by atoms with Crippen molar-refractivity contribution in [2.45, 2.75) is 20.5 Å². The van der Waals surface area contributed by atoms with Crippen LogP contribution in [0, 0.1) is 13.8 Å². The highest BCUT2D eigenvalue weighted by molar-refractivity contribution is 9.10. The molecule has 0 aliphatic carbocycles. The Bertz CT molecular complexity index is 588. The summed E-state index contributed by atoms with van der Waals surface area (Å²) in [7, 11) is 0. The average molecular weight is 342 g/mol. The van der Waals surface area contributed by atoms with Crippen LogP contribution in [0.4, 0.5) is 0 Å². The lowest BCUT2D eigenvalue weighted by atomic mass is 10.1. The average Bonchev–Trinajstić information content (AvgIpc) is 2.38. The molecule has 0 saturated heterocycles. The molecule has 100 valence electrons. The molecule has 2 aromatic rings. The summed E-state index contributed by atoms with van der Waals surface area (Å²) in [6.07, 6.45) is 0. The van der Waals surface area contributed by atoms with Gasteiger partial charge in [-0.1, -0.05) is 27.5 Å². The van der Waals surface area contributed by atoms with Gasteiger partial charge in [0.25, 0.3) is 0 Å². The van der Waals surface area contributed by atoms with E-state index in [4.69, 9.17) is 16.3 Å². The fraction of sp³-hybridized carbons (Fsp3) is 0.200. The number of aliphatic hydroxyl groups excluding tert-OH is 1. The number of rotatable bonds is 3. The zero-order valence-electron chi connectivity index (χ0n) is 10.7. The summed E-state index contributed by atoms with van der Waals surface area (Å²) < 4.78 is 6.74. The molecule has 0 aromatic heterocycles. The molecule has 2 aromatic carbocycles. The largest absolute Gasteiger partial charge is 0.457 e. The highest BCUT2D eigenvalue weighted by atomic mass is 79.9. The molecule has 0 unspecified atom stereocenters. The molecule has 0 aliphatic rings. The van der Waals surface area contributed by atoms with Crippen LogP contribution in [0.15, 0.2) is 34.8 Å². The maximum absolute atomic E-state index is 9.35. The Labute approximate surface area is 126 Å². The summed E-state index contributed by atoms with van der Waals surface area (Å²) in [5.74, 6) is 1.36. The van der Waals surface area contributed by atoms with Crippen LogP contribution >= 0.6 is 27.5 Å². The summed E-state index contributed by atoms with van der Waals surface area (Å²) >= 11 is 9.50. The highest BCUT2D eigenvalue weighted by Crippen LogP contribution is 2.31. The summed E-state index contributed by atoms with van der Waals surface area (Å²) in [5, 5.41) is 10.1. The number of hydrogen-bond acceptors (Lipinski definition) is 2. The van der Waals surface area contributed by atoms with Gasteiger partial charge in [-0.2, -0.15) is 0 Å². The monoisotopic (exact) mass is 340 g/mol. The van der Waals surface area contributed by atoms with Crippen molar-refractivity contribution in [2.75, 3.05) is 0 Å². The first-order valence-corrected chi connectivity index (χ1v) is 7.02. The second-order valence-electron chi connectivity index (χ2n) is 4.38. The smallest absolute Gasteiger partial charge is 0.133 e. The topological polar surface area (TPSA) is 29.5 Å². The Morgan fingerprint density at radius 3 is 2.37 bits per heavy atom. The first-order chi connectivity index (χ1) is 9.01. The quantitative estimate of drug-likeness (QED) is 0.851. The standard InChI is InChI=1S/C15H14BrClO2/c1-9-5-13(6-10(2)15(9)17)19-14-4-3-12(16)7-11(14)8-18/h3-7,18H,8H2,1-2H3. The lowest BCUT2D eigenvalue weighted by Gasteiger charge is -2.12. The van der Waals surface area contributed by atoms with E-state index < -0.39 is 0 Å². The summed E-state index contributed by atoms with van der Waals surface area (Å²) in [5.41, 5.74) is 2.68. The first-order valence-electron chi connectivity index (χ1n) is 5.85. The van der Waals surface area contributed by atoms with Gasteiger partial charge in [0.05, 0.1) is 6.61 Å². The van der Waals surface area contributed by atoms with E-state index >= 15 is 0 Å². The van der Waals surface area contributed by atoms with E-state index in [1.54, 1.807) is 0 Å². The number of benzene rings is 2. The second-order valence-corrected chi connectivity index (χ2v) is 5.68. The van der Waals surface area contributed by atoms with E-state index in [0.29, 0.717) is 5.75 Å². The third kappa shape index (κ3) is 3.30. The molecule has 0 fully saturated rings. The van der Waals surface area contributed by atoms with Crippen LogP contribution in [0.1, 0.15) is 16.7 Å². The van der Waals surface area contributed by atoms with E-state index in [0.717, 1.165) is 31.9 Å². The van der Waals surface area contributed by atoms with Crippen LogP contribution in [0.5, 0.6) is 11.5 Å². The highest BCUT2D eigenvalue weighted by Gasteiger charge is 2.08. The maximum Gasteiger partial charge on any atom is 0.133 e. The molecular formula is C15H14BrClO2. The van der Waals surface area contributed by atoms with Crippen LogP contribution in [-0.4, -0.2) is 5.11 Å². The molecule has 0 aliphatic heterocycles. The van der Waals surface area contributed by atoms with Crippen LogP contribution in [0.3, 0.4) is 0 Å². The number of aryl methyl sites for hydroxylation is 2. The lowest BCUT2D eigenvalue weighted by molar-refractivity contribution is 0.276. The van der Waals surface area contributed by atoms with Gasteiger partial charge in [0.2, 0.25) is 0 Å². The molecule has 4 heteroatoms. The van der Waals surface area contributed by atoms with Crippen LogP contribution in [0.25, 0.3) is 0 Å². The number of ether oxygens (including phenoxy) is 1. The molecule has 0 heterocycles. The second kappa shape index (κ2) is 5.95. The SMILES string of the molecule is Cc1cc(Oc2ccc(Br)cc2CO)cc(C)c1Cl. The minimum absolute atomic E-state index is 0.0691. The first kappa shape index (κ1) is 14.4. The Morgan fingerprint density at radius 1 is 1.16 bits per heavy atom. The summed E-state index contributed by atoms with van der Waals surface area (Å²) in [4.78, 5) is 0. The molecule has 0 bridgehead atoms. The van der Waals surface area contributed by atoms with Crippen LogP contribution in [0.2, 0.25) is 5.02 Å². The fourth-order valence-electron chi connectivity index (χ4n) is 1.86. The molecule has 2 rings (SSSR count). The number of hydrogen-bond donors (Lipinski definition) is 1. The fourth-order valence-corrected chi connectivity index (χ4v) is 2.38. The van der Waals surface area contributed by atoms with Crippen molar-refractivity contribution in [1.82, 2.24) is 0 Å². The van der Waals surface area contributed by atoms with E-state index in [1.165, 1.54) is 0 Å². The molecule has 0 amide bonds. The van der Waals surface area contributed by atoms with Gasteiger partial charge in [0.15, 0.2) is 0 Å². The van der Waals surface area contributed by atoms with Gasteiger partial charge < -0.3 is 9.84 Å². The normalized spacial score (nSPS) is 10.6. The zero-order chi connectivity index (χ0) is 14.0. The van der Waals surface area contributed by atoms with E-state index in [2.05, 4.69) is 15.9 Å². The Balaban J connectivity index is 2.36. The molecule has 0 atom stereocenters. The predicted octanol–water partition coefficient (Wildman–Crippen LogP) is 5.00. The Morgan fingerprint density at radius 2 is 1.79 bits per heavy atom. The Kier molecular flexibility index (Phi) is 4.50. The van der Waals surface area contributed by atoms with Crippen molar-refractivity contribution < 1.29 is 9.84 Å². The van der Waals surface area contributed by atoms with Gasteiger partial charge in [-0.05, 0) is 55.3 Å². The molecular weight excluding hydrogens is 328 g/mol. The molecule has 0 saturated carbocycles. The van der Waals surface area contributed by atoms with Gasteiger partial charge in [-0.15, -0.1) is 0 Å². The van der Waals surface area contributed by atoms with Crippen molar-refractivity contribution >= 4 is 27.5 Å². The summed E-state index contributed by atoms with van der Waals surface area (Å²) in [6, 6.07) is 9.32.